The van der Waals surface area contributed by atoms with Crippen molar-refractivity contribution in [2.24, 2.45) is 0 Å². The molecule has 2 aromatic rings. The summed E-state index contributed by atoms with van der Waals surface area (Å²) in [5.74, 6) is -0.471. The molecule has 1 aromatic carbocycles. The molecule has 0 atom stereocenters. The molecule has 0 amide bonds. The van der Waals surface area contributed by atoms with Crippen LogP contribution in [0, 0.1) is 0 Å². The van der Waals surface area contributed by atoms with Gasteiger partial charge in [-0.1, -0.05) is 0 Å². The maximum atomic E-state index is 12.0. The molecule has 2 N–H and O–H groups in total. The van der Waals surface area contributed by atoms with E-state index < -0.39 is 16.0 Å². The minimum absolute atomic E-state index is 0.0520. The largest absolute Gasteiger partial charge is 0.462 e. The lowest BCUT2D eigenvalue weighted by Crippen LogP contribution is -2.14. The van der Waals surface area contributed by atoms with E-state index in [0.717, 1.165) is 0 Å². The van der Waals surface area contributed by atoms with Crippen molar-refractivity contribution < 1.29 is 17.9 Å². The van der Waals surface area contributed by atoms with Gasteiger partial charge in [0.05, 0.1) is 30.4 Å². The number of benzene rings is 1. The Morgan fingerprint density at radius 2 is 2.24 bits per heavy atom. The highest BCUT2D eigenvalue weighted by molar-refractivity contribution is 9.10. The van der Waals surface area contributed by atoms with Crippen molar-refractivity contribution in [1.29, 1.82) is 0 Å². The number of hydrogen-bond donors (Lipinski definition) is 2. The Labute approximate surface area is 129 Å². The molecular weight excluding hydrogens is 362 g/mol. The number of rotatable bonds is 5. The van der Waals surface area contributed by atoms with Gasteiger partial charge >= 0.3 is 5.97 Å². The van der Waals surface area contributed by atoms with Crippen LogP contribution in [0.2, 0.25) is 0 Å². The summed E-state index contributed by atoms with van der Waals surface area (Å²) in [6.45, 7) is 1.98. The fourth-order valence-electron chi connectivity index (χ4n) is 1.53. The number of sulfonamides is 1. The van der Waals surface area contributed by atoms with Crippen LogP contribution in [0.4, 0.5) is 5.69 Å². The molecule has 0 saturated heterocycles. The molecule has 0 aliphatic rings. The molecule has 2 rings (SSSR count). The molecule has 0 spiro atoms. The van der Waals surface area contributed by atoms with Gasteiger partial charge in [-0.2, -0.15) is 8.42 Å². The highest BCUT2D eigenvalue weighted by Gasteiger charge is 2.18. The Kier molecular flexibility index (Phi) is 4.63. The molecule has 1 heterocycles. The van der Waals surface area contributed by atoms with E-state index in [1.807, 2.05) is 0 Å². The quantitative estimate of drug-likeness (QED) is 0.781. The zero-order valence-electron chi connectivity index (χ0n) is 11.0. The monoisotopic (exact) mass is 373 g/mol. The summed E-state index contributed by atoms with van der Waals surface area (Å²) < 4.78 is 31.8. The van der Waals surface area contributed by atoms with Gasteiger partial charge in [0.15, 0.2) is 5.03 Å². The van der Waals surface area contributed by atoms with Crippen LogP contribution in [0.5, 0.6) is 0 Å². The lowest BCUT2D eigenvalue weighted by molar-refractivity contribution is 0.0526. The van der Waals surface area contributed by atoms with Gasteiger partial charge in [0.25, 0.3) is 10.0 Å². The van der Waals surface area contributed by atoms with Crippen molar-refractivity contribution in [1.82, 2.24) is 9.97 Å². The maximum absolute atomic E-state index is 12.0. The average molecular weight is 374 g/mol. The van der Waals surface area contributed by atoms with Gasteiger partial charge in [0, 0.05) is 4.47 Å². The van der Waals surface area contributed by atoms with Crippen molar-refractivity contribution in [2.75, 3.05) is 11.3 Å². The Morgan fingerprint density at radius 1 is 1.48 bits per heavy atom. The number of nitrogens with one attached hydrogen (secondary N) is 2. The number of carbonyl (C=O) groups excluding carboxylic acids is 1. The Bertz CT molecular complexity index is 744. The van der Waals surface area contributed by atoms with Gasteiger partial charge in [-0.25, -0.2) is 9.78 Å². The van der Waals surface area contributed by atoms with E-state index in [9.17, 15) is 13.2 Å². The number of hydrogen-bond acceptors (Lipinski definition) is 5. The molecule has 1 aromatic heterocycles. The highest BCUT2D eigenvalue weighted by Crippen LogP contribution is 2.26. The van der Waals surface area contributed by atoms with Crippen LogP contribution in [-0.2, 0) is 14.8 Å². The lowest BCUT2D eigenvalue weighted by atomic mass is 10.2. The first-order chi connectivity index (χ1) is 9.94. The smallest absolute Gasteiger partial charge is 0.338 e. The van der Waals surface area contributed by atoms with E-state index in [-0.39, 0.29) is 11.6 Å². The molecule has 0 saturated carbocycles. The SMILES string of the molecule is CCOC(=O)c1ccc(NS(=O)(=O)c2cnc[nH]2)c(Br)c1. The van der Waals surface area contributed by atoms with Crippen LogP contribution in [-0.4, -0.2) is 31.0 Å². The Morgan fingerprint density at radius 3 is 2.81 bits per heavy atom. The Hall–Kier alpha value is -1.87. The molecule has 7 nitrogen and oxygen atoms in total. The van der Waals surface area contributed by atoms with E-state index in [0.29, 0.717) is 15.7 Å². The first-order valence-electron chi connectivity index (χ1n) is 5.92. The number of imidazole rings is 1. The average Bonchev–Trinajstić information content (AvgIpc) is 2.96. The summed E-state index contributed by atoms with van der Waals surface area (Å²) in [5.41, 5.74) is 0.630. The van der Waals surface area contributed by atoms with E-state index in [2.05, 4.69) is 30.6 Å². The summed E-state index contributed by atoms with van der Waals surface area (Å²) in [6.07, 6.45) is 2.47. The molecule has 0 aliphatic heterocycles. The minimum atomic E-state index is -3.75. The first kappa shape index (κ1) is 15.5. The third-order valence-electron chi connectivity index (χ3n) is 2.49. The minimum Gasteiger partial charge on any atom is -0.462 e. The number of halogens is 1. The number of ether oxygens (including phenoxy) is 1. The van der Waals surface area contributed by atoms with Crippen LogP contribution in [0.1, 0.15) is 17.3 Å². The number of esters is 1. The van der Waals surface area contributed by atoms with E-state index in [1.165, 1.54) is 30.7 Å². The summed E-state index contributed by atoms with van der Waals surface area (Å²) in [4.78, 5) is 17.8. The van der Waals surface area contributed by atoms with Crippen LogP contribution >= 0.6 is 15.9 Å². The standard InChI is InChI=1S/C12H12BrN3O4S/c1-2-20-12(17)8-3-4-10(9(13)5-8)16-21(18,19)11-6-14-7-15-11/h3-7,16H,2H2,1H3,(H,14,15). The van der Waals surface area contributed by atoms with Gasteiger partial charge in [0.2, 0.25) is 0 Å². The number of anilines is 1. The molecular formula is C12H12BrN3O4S. The predicted octanol–water partition coefficient (Wildman–Crippen LogP) is 2.15. The molecule has 0 bridgehead atoms. The van der Waals surface area contributed by atoms with Crippen molar-refractivity contribution in [3.63, 3.8) is 0 Å². The molecule has 0 unspecified atom stereocenters. The third-order valence-corrected chi connectivity index (χ3v) is 4.43. The van der Waals surface area contributed by atoms with Gasteiger partial charge in [-0.3, -0.25) is 4.72 Å². The van der Waals surface area contributed by atoms with Crippen molar-refractivity contribution in [2.45, 2.75) is 11.9 Å². The predicted molar refractivity (Wildman–Crippen MR) is 79.5 cm³/mol. The number of nitrogens with zero attached hydrogens (tertiary/aromatic N) is 1. The molecule has 0 fully saturated rings. The molecule has 0 aliphatic carbocycles. The molecule has 0 radical (unpaired) electrons. The third kappa shape index (κ3) is 3.61. The highest BCUT2D eigenvalue weighted by atomic mass is 79.9. The zero-order valence-corrected chi connectivity index (χ0v) is 13.4. The van der Waals surface area contributed by atoms with Gasteiger partial charge in [-0.15, -0.1) is 0 Å². The van der Waals surface area contributed by atoms with E-state index in [4.69, 9.17) is 4.74 Å². The first-order valence-corrected chi connectivity index (χ1v) is 8.19. The van der Waals surface area contributed by atoms with Crippen LogP contribution in [0.3, 0.4) is 0 Å². The fraction of sp³-hybridized carbons (Fsp3) is 0.167. The van der Waals surface area contributed by atoms with Gasteiger partial charge in [0.1, 0.15) is 0 Å². The van der Waals surface area contributed by atoms with Crippen LogP contribution in [0.25, 0.3) is 0 Å². The van der Waals surface area contributed by atoms with Gasteiger partial charge in [-0.05, 0) is 41.1 Å². The maximum Gasteiger partial charge on any atom is 0.338 e. The summed E-state index contributed by atoms with van der Waals surface area (Å²) >= 11 is 3.22. The number of aromatic nitrogens is 2. The van der Waals surface area contributed by atoms with Crippen LogP contribution in [0.15, 0.2) is 40.2 Å². The molecule has 21 heavy (non-hydrogen) atoms. The second-order valence-electron chi connectivity index (χ2n) is 3.94. The fourth-order valence-corrected chi connectivity index (χ4v) is 3.12. The van der Waals surface area contributed by atoms with Gasteiger partial charge < -0.3 is 9.72 Å². The summed E-state index contributed by atoms with van der Waals surface area (Å²) in [5, 5.41) is -0.0520. The second kappa shape index (κ2) is 6.27. The van der Waals surface area contributed by atoms with E-state index in [1.54, 1.807) is 6.92 Å². The lowest BCUT2D eigenvalue weighted by Gasteiger charge is -2.09. The van der Waals surface area contributed by atoms with Crippen molar-refractivity contribution >= 4 is 37.6 Å². The molecule has 112 valence electrons. The zero-order chi connectivity index (χ0) is 15.5. The van der Waals surface area contributed by atoms with E-state index >= 15 is 0 Å². The summed E-state index contributed by atoms with van der Waals surface area (Å²) in [6, 6.07) is 4.45. The topological polar surface area (TPSA) is 101 Å². The number of aromatic amines is 1. The van der Waals surface area contributed by atoms with Crippen molar-refractivity contribution in [3.8, 4) is 0 Å². The number of H-pyrrole nitrogens is 1. The normalized spacial score (nSPS) is 11.1. The van der Waals surface area contributed by atoms with Crippen LogP contribution < -0.4 is 4.72 Å². The summed E-state index contributed by atoms with van der Waals surface area (Å²) in [7, 11) is -3.75. The second-order valence-corrected chi connectivity index (χ2v) is 6.44. The van der Waals surface area contributed by atoms with Crippen molar-refractivity contribution in [3.05, 3.63) is 40.8 Å². The Balaban J connectivity index is 2.24. The molecule has 9 heteroatoms. The number of carbonyl (C=O) groups is 1.